The van der Waals surface area contributed by atoms with E-state index in [4.69, 9.17) is 13.9 Å². The van der Waals surface area contributed by atoms with Gasteiger partial charge in [0.25, 0.3) is 5.91 Å². The molecular weight excluding hydrogens is 386 g/mol. The van der Waals surface area contributed by atoms with Gasteiger partial charge in [-0.05, 0) is 42.5 Å². The van der Waals surface area contributed by atoms with Crippen molar-refractivity contribution in [2.75, 3.05) is 42.8 Å². The largest absolute Gasteiger partial charge is 0.491 e. The Balaban J connectivity index is 1.50. The zero-order valence-corrected chi connectivity index (χ0v) is 16.5. The van der Waals surface area contributed by atoms with Gasteiger partial charge >= 0.3 is 0 Å². The topological polar surface area (TPSA) is 102 Å². The highest BCUT2D eigenvalue weighted by molar-refractivity contribution is 6.02. The van der Waals surface area contributed by atoms with Crippen molar-refractivity contribution in [3.63, 3.8) is 0 Å². The number of ether oxygens (including phenoxy) is 2. The molecule has 0 saturated heterocycles. The summed E-state index contributed by atoms with van der Waals surface area (Å²) in [5.74, 6) is 0.312. The van der Waals surface area contributed by atoms with Gasteiger partial charge in [0.1, 0.15) is 12.4 Å². The number of methoxy groups -OCH3 is 1. The molecule has 3 N–H and O–H groups in total. The molecule has 0 spiro atoms. The highest BCUT2D eigenvalue weighted by Gasteiger charge is 2.09. The fraction of sp³-hybridized carbons (Fsp3) is 0.182. The Kier molecular flexibility index (Phi) is 7.45. The number of hydrogen-bond donors (Lipinski definition) is 3. The Morgan fingerprint density at radius 3 is 2.43 bits per heavy atom. The summed E-state index contributed by atoms with van der Waals surface area (Å²) in [5.41, 5.74) is 1.87. The predicted octanol–water partition coefficient (Wildman–Crippen LogP) is 3.61. The molecule has 8 nitrogen and oxygen atoms in total. The van der Waals surface area contributed by atoms with Crippen LogP contribution in [-0.2, 0) is 9.53 Å². The van der Waals surface area contributed by atoms with Crippen molar-refractivity contribution in [3.05, 3.63) is 72.7 Å². The number of anilines is 3. The molecule has 8 heteroatoms. The van der Waals surface area contributed by atoms with Gasteiger partial charge in [-0.3, -0.25) is 9.59 Å². The summed E-state index contributed by atoms with van der Waals surface area (Å²) in [5, 5.41) is 8.57. The number of carbonyl (C=O) groups is 2. The van der Waals surface area contributed by atoms with Crippen LogP contribution in [0.4, 0.5) is 17.1 Å². The van der Waals surface area contributed by atoms with Gasteiger partial charge in [-0.15, -0.1) is 0 Å². The SMILES string of the molecule is COCCOc1cccc(NCC(=O)Nc2cccc(NC(=O)c3ccco3)c2)c1. The Bertz CT molecular complexity index is 972. The molecule has 3 rings (SSSR count). The average Bonchev–Trinajstić information content (AvgIpc) is 3.28. The van der Waals surface area contributed by atoms with Crippen LogP contribution in [-0.4, -0.2) is 38.7 Å². The lowest BCUT2D eigenvalue weighted by Crippen LogP contribution is -2.22. The van der Waals surface area contributed by atoms with E-state index in [-0.39, 0.29) is 24.1 Å². The Labute approximate surface area is 174 Å². The fourth-order valence-corrected chi connectivity index (χ4v) is 2.60. The van der Waals surface area contributed by atoms with Gasteiger partial charge in [0.2, 0.25) is 5.91 Å². The Morgan fingerprint density at radius 2 is 1.67 bits per heavy atom. The fourth-order valence-electron chi connectivity index (χ4n) is 2.60. The van der Waals surface area contributed by atoms with Gasteiger partial charge < -0.3 is 29.8 Å². The summed E-state index contributed by atoms with van der Waals surface area (Å²) in [6.45, 7) is 1.03. The summed E-state index contributed by atoms with van der Waals surface area (Å²) in [7, 11) is 1.61. The third-order valence-electron chi connectivity index (χ3n) is 3.99. The maximum atomic E-state index is 12.3. The lowest BCUT2D eigenvalue weighted by Gasteiger charge is -2.11. The van der Waals surface area contributed by atoms with Crippen LogP contribution >= 0.6 is 0 Å². The van der Waals surface area contributed by atoms with E-state index in [1.54, 1.807) is 43.5 Å². The van der Waals surface area contributed by atoms with Crippen LogP contribution in [0.25, 0.3) is 0 Å². The second-order valence-corrected chi connectivity index (χ2v) is 6.28. The molecule has 0 aliphatic heterocycles. The minimum atomic E-state index is -0.363. The Morgan fingerprint density at radius 1 is 0.900 bits per heavy atom. The highest BCUT2D eigenvalue weighted by Crippen LogP contribution is 2.18. The monoisotopic (exact) mass is 409 g/mol. The van der Waals surface area contributed by atoms with Crippen LogP contribution in [0, 0.1) is 0 Å². The van der Waals surface area contributed by atoms with Crippen molar-refractivity contribution in [3.8, 4) is 5.75 Å². The van der Waals surface area contributed by atoms with E-state index in [0.29, 0.717) is 30.3 Å². The molecule has 0 saturated carbocycles. The maximum absolute atomic E-state index is 12.3. The molecule has 0 aliphatic rings. The van der Waals surface area contributed by atoms with Crippen molar-refractivity contribution in [1.29, 1.82) is 0 Å². The molecule has 1 aromatic heterocycles. The van der Waals surface area contributed by atoms with Crippen LogP contribution in [0.1, 0.15) is 10.6 Å². The van der Waals surface area contributed by atoms with Crippen molar-refractivity contribution < 1.29 is 23.5 Å². The van der Waals surface area contributed by atoms with Crippen LogP contribution in [0.5, 0.6) is 5.75 Å². The van der Waals surface area contributed by atoms with Crippen molar-refractivity contribution in [2.24, 2.45) is 0 Å². The van der Waals surface area contributed by atoms with Gasteiger partial charge in [-0.2, -0.15) is 0 Å². The molecule has 0 aliphatic carbocycles. The first-order valence-corrected chi connectivity index (χ1v) is 9.34. The van der Waals surface area contributed by atoms with Gasteiger partial charge in [0.05, 0.1) is 19.4 Å². The summed E-state index contributed by atoms with van der Waals surface area (Å²) in [6, 6.07) is 17.4. The van der Waals surface area contributed by atoms with Crippen molar-refractivity contribution in [2.45, 2.75) is 0 Å². The van der Waals surface area contributed by atoms with E-state index in [0.717, 1.165) is 5.69 Å². The van der Waals surface area contributed by atoms with E-state index >= 15 is 0 Å². The summed E-state index contributed by atoms with van der Waals surface area (Å²) in [4.78, 5) is 24.3. The van der Waals surface area contributed by atoms with Crippen LogP contribution < -0.4 is 20.7 Å². The number of benzene rings is 2. The van der Waals surface area contributed by atoms with E-state index in [9.17, 15) is 9.59 Å². The van der Waals surface area contributed by atoms with E-state index in [1.807, 2.05) is 24.3 Å². The summed E-state index contributed by atoms with van der Waals surface area (Å²) >= 11 is 0. The zero-order chi connectivity index (χ0) is 21.2. The molecule has 3 aromatic rings. The van der Waals surface area contributed by atoms with Gasteiger partial charge in [-0.25, -0.2) is 0 Å². The lowest BCUT2D eigenvalue weighted by atomic mass is 10.2. The number of carbonyl (C=O) groups excluding carboxylic acids is 2. The molecule has 0 unspecified atom stereocenters. The molecule has 0 radical (unpaired) electrons. The zero-order valence-electron chi connectivity index (χ0n) is 16.5. The number of amides is 2. The standard InChI is InChI=1S/C22H23N3O5/c1-28-11-12-29-19-8-3-5-16(14-19)23-15-21(26)24-17-6-2-7-18(13-17)25-22(27)20-9-4-10-30-20/h2-10,13-14,23H,11-12,15H2,1H3,(H,24,26)(H,25,27). The van der Waals surface area contributed by atoms with Crippen molar-refractivity contribution in [1.82, 2.24) is 0 Å². The third-order valence-corrected chi connectivity index (χ3v) is 3.99. The van der Waals surface area contributed by atoms with Gasteiger partial charge in [0.15, 0.2) is 5.76 Å². The molecule has 0 fully saturated rings. The first-order valence-electron chi connectivity index (χ1n) is 9.34. The van der Waals surface area contributed by atoms with Crippen LogP contribution in [0.2, 0.25) is 0 Å². The molecule has 2 amide bonds. The molecule has 30 heavy (non-hydrogen) atoms. The predicted molar refractivity (Wildman–Crippen MR) is 114 cm³/mol. The summed E-state index contributed by atoms with van der Waals surface area (Å²) in [6.07, 6.45) is 1.43. The van der Waals surface area contributed by atoms with Crippen LogP contribution in [0.15, 0.2) is 71.3 Å². The van der Waals surface area contributed by atoms with Gasteiger partial charge in [-0.1, -0.05) is 12.1 Å². The lowest BCUT2D eigenvalue weighted by molar-refractivity contribution is -0.114. The van der Waals surface area contributed by atoms with E-state index in [1.165, 1.54) is 6.26 Å². The van der Waals surface area contributed by atoms with Gasteiger partial charge in [0, 0.05) is 30.2 Å². The quantitative estimate of drug-likeness (QED) is 0.442. The average molecular weight is 409 g/mol. The minimum Gasteiger partial charge on any atom is -0.491 e. The molecule has 2 aromatic carbocycles. The van der Waals surface area contributed by atoms with Crippen LogP contribution in [0.3, 0.4) is 0 Å². The number of hydrogen-bond acceptors (Lipinski definition) is 6. The molecule has 0 atom stereocenters. The third kappa shape index (κ3) is 6.39. The molecule has 156 valence electrons. The number of nitrogens with one attached hydrogen (secondary N) is 3. The second-order valence-electron chi connectivity index (χ2n) is 6.28. The minimum absolute atomic E-state index is 0.0739. The molecule has 1 heterocycles. The molecule has 0 bridgehead atoms. The first kappa shape index (κ1) is 20.9. The first-order chi connectivity index (χ1) is 14.6. The van der Waals surface area contributed by atoms with E-state index < -0.39 is 0 Å². The number of furan rings is 1. The normalized spacial score (nSPS) is 10.3. The second kappa shape index (κ2) is 10.7. The number of rotatable bonds is 10. The summed E-state index contributed by atoms with van der Waals surface area (Å²) < 4.78 is 15.6. The Hall–Kier alpha value is -3.78. The van der Waals surface area contributed by atoms with Crippen molar-refractivity contribution >= 4 is 28.9 Å². The maximum Gasteiger partial charge on any atom is 0.291 e. The highest BCUT2D eigenvalue weighted by atomic mass is 16.5. The molecular formula is C22H23N3O5. The smallest absolute Gasteiger partial charge is 0.291 e. The van der Waals surface area contributed by atoms with E-state index in [2.05, 4.69) is 16.0 Å².